The molecule has 0 saturated heterocycles. The number of hydrogen-bond acceptors (Lipinski definition) is 3. The van der Waals surface area contributed by atoms with Crippen LogP contribution in [-0.4, -0.2) is 9.13 Å². The minimum absolute atomic E-state index is 0.590. The van der Waals surface area contributed by atoms with E-state index in [0.29, 0.717) is 11.1 Å². The molecule has 0 radical (unpaired) electrons. The molecule has 0 spiro atoms. The van der Waals surface area contributed by atoms with Crippen molar-refractivity contribution in [2.75, 3.05) is 0 Å². The molecule has 5 aromatic carbocycles. The molecule has 0 amide bonds. The van der Waals surface area contributed by atoms with Crippen molar-refractivity contribution in [1.29, 1.82) is 10.5 Å². The van der Waals surface area contributed by atoms with Gasteiger partial charge in [0.2, 0.25) is 0 Å². The summed E-state index contributed by atoms with van der Waals surface area (Å²) in [5.74, 6) is 0. The zero-order valence-electron chi connectivity index (χ0n) is 23.0. The van der Waals surface area contributed by atoms with E-state index in [9.17, 15) is 10.5 Å². The maximum atomic E-state index is 9.58. The Kier molecular flexibility index (Phi) is 4.80. The summed E-state index contributed by atoms with van der Waals surface area (Å²) in [5.41, 5.74) is 10.8. The van der Waals surface area contributed by atoms with Gasteiger partial charge in [0, 0.05) is 44.0 Å². The predicted octanol–water partition coefficient (Wildman–Crippen LogP) is 9.33. The van der Waals surface area contributed by atoms with Crippen LogP contribution < -0.4 is 0 Å². The molecule has 5 nitrogen and oxygen atoms in total. The Morgan fingerprint density at radius 1 is 0.581 bits per heavy atom. The fourth-order valence-corrected chi connectivity index (χ4v) is 6.94. The Balaban J connectivity index is 1.30. The van der Waals surface area contributed by atoms with Gasteiger partial charge in [-0.15, -0.1) is 0 Å². The fraction of sp³-hybridized carbons (Fsp3) is 0.0526. The Morgan fingerprint density at radius 3 is 1.84 bits per heavy atom. The van der Waals surface area contributed by atoms with Crippen LogP contribution in [0.5, 0.6) is 0 Å². The number of furan rings is 1. The van der Waals surface area contributed by atoms with Gasteiger partial charge in [-0.1, -0.05) is 24.3 Å². The molecule has 1 aliphatic carbocycles. The second-order valence-electron chi connectivity index (χ2n) is 11.1. The molecular formula is C38H22N4O. The van der Waals surface area contributed by atoms with Crippen LogP contribution in [0.2, 0.25) is 0 Å². The van der Waals surface area contributed by atoms with Crippen molar-refractivity contribution in [3.8, 4) is 23.5 Å². The average Bonchev–Trinajstić information content (AvgIpc) is 3.71. The van der Waals surface area contributed by atoms with Gasteiger partial charge in [-0.25, -0.2) is 0 Å². The van der Waals surface area contributed by atoms with Gasteiger partial charge in [0.1, 0.15) is 11.2 Å². The first-order valence-electron chi connectivity index (χ1n) is 14.4. The van der Waals surface area contributed by atoms with E-state index in [1.165, 1.54) is 22.2 Å². The van der Waals surface area contributed by atoms with Gasteiger partial charge >= 0.3 is 0 Å². The lowest BCUT2D eigenvalue weighted by Crippen LogP contribution is -2.00. The van der Waals surface area contributed by atoms with Crippen LogP contribution >= 0.6 is 0 Å². The number of allylic oxidation sites excluding steroid dienone is 1. The highest BCUT2D eigenvalue weighted by atomic mass is 16.3. The molecule has 0 fully saturated rings. The number of nitrogens with zero attached hydrogens (tertiary/aromatic N) is 4. The molecular weight excluding hydrogens is 528 g/mol. The van der Waals surface area contributed by atoms with E-state index in [0.717, 1.165) is 68.0 Å². The van der Waals surface area contributed by atoms with Crippen LogP contribution in [0.4, 0.5) is 0 Å². The van der Waals surface area contributed by atoms with E-state index in [2.05, 4.69) is 88.0 Å². The van der Waals surface area contributed by atoms with Crippen molar-refractivity contribution >= 4 is 60.7 Å². The van der Waals surface area contributed by atoms with Gasteiger partial charge < -0.3 is 13.6 Å². The summed E-state index contributed by atoms with van der Waals surface area (Å²) in [6.45, 7) is 0. The summed E-state index contributed by atoms with van der Waals surface area (Å²) in [6, 6.07) is 37.4. The van der Waals surface area contributed by atoms with Crippen molar-refractivity contribution < 1.29 is 4.42 Å². The minimum Gasteiger partial charge on any atom is -0.456 e. The molecule has 0 saturated carbocycles. The smallest absolute Gasteiger partial charge is 0.135 e. The standard InChI is InChI=1S/C38H22N4O/c39-21-23-9-13-35-29(17-23)30-18-24(22-40)10-14-36(30)42(35)26-12-16-38-32(20-26)31-19-25(11-15-37(31)43-38)41-33-7-3-1-5-27(33)28-6-2-4-8-34(28)41/h1,3-5,7-20H,2,6H2. The zero-order valence-corrected chi connectivity index (χ0v) is 23.0. The number of para-hydroxylation sites is 1. The molecule has 8 aromatic rings. The third-order valence-electron chi connectivity index (χ3n) is 8.83. The summed E-state index contributed by atoms with van der Waals surface area (Å²) in [4.78, 5) is 0. The number of nitriles is 2. The Bertz CT molecular complexity index is 2520. The summed E-state index contributed by atoms with van der Waals surface area (Å²) >= 11 is 0. The van der Waals surface area contributed by atoms with Gasteiger partial charge in [-0.3, -0.25) is 0 Å². The third kappa shape index (κ3) is 3.31. The van der Waals surface area contributed by atoms with Crippen molar-refractivity contribution in [3.63, 3.8) is 0 Å². The molecule has 5 heteroatoms. The van der Waals surface area contributed by atoms with Crippen LogP contribution in [0.15, 0.2) is 108 Å². The Morgan fingerprint density at radius 2 is 1.19 bits per heavy atom. The number of hydrogen-bond donors (Lipinski definition) is 0. The number of rotatable bonds is 2. The number of aromatic nitrogens is 2. The lowest BCUT2D eigenvalue weighted by atomic mass is 10.0. The molecule has 3 heterocycles. The van der Waals surface area contributed by atoms with Gasteiger partial charge in [0.15, 0.2) is 0 Å². The van der Waals surface area contributed by atoms with Crippen LogP contribution in [0.3, 0.4) is 0 Å². The largest absolute Gasteiger partial charge is 0.456 e. The number of benzene rings is 5. The van der Waals surface area contributed by atoms with Crippen molar-refractivity contribution in [3.05, 3.63) is 126 Å². The average molecular weight is 551 g/mol. The SMILES string of the molecule is N#Cc1ccc2c(c1)c1cc(C#N)ccc1n2-c1ccc2oc3ccc(-n4c5c(c6ccccc64)CCC=C5)cc3c2c1. The highest BCUT2D eigenvalue weighted by molar-refractivity contribution is 6.11. The molecule has 9 rings (SSSR count). The lowest BCUT2D eigenvalue weighted by Gasteiger charge is -2.12. The van der Waals surface area contributed by atoms with Gasteiger partial charge in [-0.2, -0.15) is 10.5 Å². The summed E-state index contributed by atoms with van der Waals surface area (Å²) in [7, 11) is 0. The van der Waals surface area contributed by atoms with E-state index >= 15 is 0 Å². The van der Waals surface area contributed by atoms with Crippen molar-refractivity contribution in [2.45, 2.75) is 12.8 Å². The van der Waals surface area contributed by atoms with Crippen LogP contribution in [0, 0.1) is 22.7 Å². The van der Waals surface area contributed by atoms with E-state index in [4.69, 9.17) is 4.42 Å². The molecule has 3 aromatic heterocycles. The van der Waals surface area contributed by atoms with E-state index < -0.39 is 0 Å². The third-order valence-corrected chi connectivity index (χ3v) is 8.83. The van der Waals surface area contributed by atoms with Crippen molar-refractivity contribution in [1.82, 2.24) is 9.13 Å². The highest BCUT2D eigenvalue weighted by Gasteiger charge is 2.20. The molecule has 1 aliphatic rings. The van der Waals surface area contributed by atoms with E-state index in [-0.39, 0.29) is 0 Å². The summed E-state index contributed by atoms with van der Waals surface area (Å²) in [6.07, 6.45) is 6.63. The maximum Gasteiger partial charge on any atom is 0.135 e. The molecule has 0 aliphatic heterocycles. The van der Waals surface area contributed by atoms with Crippen LogP contribution in [0.25, 0.3) is 72.1 Å². The lowest BCUT2D eigenvalue weighted by molar-refractivity contribution is 0.669. The molecule has 200 valence electrons. The Hall–Kier alpha value is -6.04. The van der Waals surface area contributed by atoms with Gasteiger partial charge in [-0.05, 0) is 103 Å². The normalized spacial score (nSPS) is 12.8. The molecule has 0 N–H and O–H groups in total. The first-order chi connectivity index (χ1) is 21.2. The first kappa shape index (κ1) is 23.6. The fourth-order valence-electron chi connectivity index (χ4n) is 6.94. The molecule has 0 bridgehead atoms. The predicted molar refractivity (Wildman–Crippen MR) is 172 cm³/mol. The maximum absolute atomic E-state index is 9.58. The number of aryl methyl sites for hydroxylation is 1. The quantitative estimate of drug-likeness (QED) is 0.215. The van der Waals surface area contributed by atoms with Crippen molar-refractivity contribution in [2.24, 2.45) is 0 Å². The summed E-state index contributed by atoms with van der Waals surface area (Å²) in [5, 5.41) is 24.5. The highest BCUT2D eigenvalue weighted by Crippen LogP contribution is 2.39. The topological polar surface area (TPSA) is 70.6 Å². The number of fused-ring (bicyclic) bond motifs is 9. The molecule has 0 unspecified atom stereocenters. The molecule has 0 atom stereocenters. The summed E-state index contributed by atoms with van der Waals surface area (Å²) < 4.78 is 10.9. The van der Waals surface area contributed by atoms with Gasteiger partial charge in [0.25, 0.3) is 0 Å². The van der Waals surface area contributed by atoms with Gasteiger partial charge in [0.05, 0.1) is 39.8 Å². The minimum atomic E-state index is 0.590. The molecule has 43 heavy (non-hydrogen) atoms. The van der Waals surface area contributed by atoms with E-state index in [1.807, 2.05) is 42.5 Å². The first-order valence-corrected chi connectivity index (χ1v) is 14.4. The second kappa shape index (κ2) is 8.73. The van der Waals surface area contributed by atoms with Crippen LogP contribution in [0.1, 0.15) is 28.8 Å². The second-order valence-corrected chi connectivity index (χ2v) is 11.1. The Labute approximate surface area is 246 Å². The van der Waals surface area contributed by atoms with Crippen LogP contribution in [-0.2, 0) is 6.42 Å². The zero-order chi connectivity index (χ0) is 28.7. The van der Waals surface area contributed by atoms with E-state index in [1.54, 1.807) is 0 Å². The monoisotopic (exact) mass is 550 g/mol.